The van der Waals surface area contributed by atoms with Crippen molar-refractivity contribution in [3.8, 4) is 0 Å². The molecule has 1 saturated carbocycles. The van der Waals surface area contributed by atoms with Gasteiger partial charge in [-0.1, -0.05) is 6.92 Å². The van der Waals surface area contributed by atoms with Crippen LogP contribution in [0.3, 0.4) is 0 Å². The summed E-state index contributed by atoms with van der Waals surface area (Å²) >= 11 is 0. The van der Waals surface area contributed by atoms with Crippen LogP contribution in [0.2, 0.25) is 0 Å². The summed E-state index contributed by atoms with van der Waals surface area (Å²) in [5, 5.41) is 6.53. The minimum atomic E-state index is 0.0945. The summed E-state index contributed by atoms with van der Waals surface area (Å²) in [6.45, 7) is 2.21. The van der Waals surface area contributed by atoms with Crippen molar-refractivity contribution < 1.29 is 4.79 Å². The molecule has 0 bridgehead atoms. The smallest absolute Gasteiger partial charge is 0.224 e. The van der Waals surface area contributed by atoms with Crippen molar-refractivity contribution in [2.45, 2.75) is 51.0 Å². The monoisotopic (exact) mass is 259 g/mol. The van der Waals surface area contributed by atoms with Gasteiger partial charge in [0.1, 0.15) is 0 Å². The molecule has 1 aromatic rings. The third kappa shape index (κ3) is 2.15. The van der Waals surface area contributed by atoms with Crippen molar-refractivity contribution in [3.05, 3.63) is 17.7 Å². The lowest BCUT2D eigenvalue weighted by molar-refractivity contribution is -0.116. The first-order chi connectivity index (χ1) is 9.12. The number of carbonyl (C=O) groups excluding carboxylic acids is 1. The molecule has 4 heteroatoms. The predicted octanol–water partition coefficient (Wildman–Crippen LogP) is 2.90. The highest BCUT2D eigenvalue weighted by atomic mass is 16.1. The number of nitrogens with two attached hydrogens (primary N) is 1. The molecule has 0 radical (unpaired) electrons. The first-order valence-corrected chi connectivity index (χ1v) is 7.12. The van der Waals surface area contributed by atoms with Gasteiger partial charge in [0.2, 0.25) is 5.91 Å². The molecular formula is C15H21N3O. The fraction of sp³-hybridized carbons (Fsp3) is 0.533. The second-order valence-corrected chi connectivity index (χ2v) is 5.76. The Morgan fingerprint density at radius 2 is 2.16 bits per heavy atom. The molecule has 1 amide bonds. The van der Waals surface area contributed by atoms with Crippen LogP contribution in [0.15, 0.2) is 12.1 Å². The quantitative estimate of drug-likeness (QED) is 0.731. The fourth-order valence-corrected chi connectivity index (χ4v) is 3.01. The molecule has 1 aliphatic carbocycles. The number of hydrogen-bond donors (Lipinski definition) is 3. The molecule has 3 rings (SSSR count). The third-order valence-corrected chi connectivity index (χ3v) is 4.56. The maximum Gasteiger partial charge on any atom is 0.224 e. The van der Waals surface area contributed by atoms with Gasteiger partial charge in [-0.2, -0.15) is 0 Å². The Bertz CT molecular complexity index is 515. The first-order valence-electron chi connectivity index (χ1n) is 7.12. The summed E-state index contributed by atoms with van der Waals surface area (Å²) in [6, 6.07) is 4.00. The lowest BCUT2D eigenvalue weighted by atomic mass is 9.74. The Labute approximate surface area is 113 Å². The summed E-state index contributed by atoms with van der Waals surface area (Å²) in [5.74, 6) is 0.0945. The van der Waals surface area contributed by atoms with Crippen molar-refractivity contribution in [2.24, 2.45) is 0 Å². The number of rotatable bonds is 3. The fourth-order valence-electron chi connectivity index (χ4n) is 3.01. The molecule has 1 heterocycles. The lowest BCUT2D eigenvalue weighted by Crippen LogP contribution is -2.44. The molecule has 4 nitrogen and oxygen atoms in total. The number of benzene rings is 1. The molecule has 2 aliphatic rings. The highest BCUT2D eigenvalue weighted by molar-refractivity contribution is 5.95. The molecule has 4 N–H and O–H groups in total. The third-order valence-electron chi connectivity index (χ3n) is 4.56. The van der Waals surface area contributed by atoms with Crippen LogP contribution in [0.4, 0.5) is 17.1 Å². The highest BCUT2D eigenvalue weighted by Crippen LogP contribution is 2.40. The predicted molar refractivity (Wildman–Crippen MR) is 78.3 cm³/mol. The number of aryl methyl sites for hydroxylation is 1. The molecule has 19 heavy (non-hydrogen) atoms. The summed E-state index contributed by atoms with van der Waals surface area (Å²) in [5.41, 5.74) is 10.2. The summed E-state index contributed by atoms with van der Waals surface area (Å²) in [4.78, 5) is 11.5. The van der Waals surface area contributed by atoms with Gasteiger partial charge in [0, 0.05) is 17.6 Å². The second-order valence-electron chi connectivity index (χ2n) is 5.76. The summed E-state index contributed by atoms with van der Waals surface area (Å²) in [6.07, 6.45) is 6.12. The molecule has 0 spiro atoms. The van der Waals surface area contributed by atoms with E-state index in [0.717, 1.165) is 35.5 Å². The average Bonchev–Trinajstić information content (AvgIpc) is 2.35. The topological polar surface area (TPSA) is 67.1 Å². The van der Waals surface area contributed by atoms with E-state index in [-0.39, 0.29) is 11.4 Å². The number of nitrogen functional groups attached to an aromatic ring is 1. The maximum atomic E-state index is 11.5. The normalized spacial score (nSPS) is 20.2. The van der Waals surface area contributed by atoms with Gasteiger partial charge in [-0.15, -0.1) is 0 Å². The van der Waals surface area contributed by atoms with Gasteiger partial charge >= 0.3 is 0 Å². The molecule has 1 aliphatic heterocycles. The molecule has 1 aromatic carbocycles. The highest BCUT2D eigenvalue weighted by Gasteiger charge is 2.35. The average molecular weight is 259 g/mol. The lowest BCUT2D eigenvalue weighted by Gasteiger charge is -2.43. The molecule has 0 aromatic heterocycles. The van der Waals surface area contributed by atoms with E-state index in [9.17, 15) is 4.79 Å². The summed E-state index contributed by atoms with van der Waals surface area (Å²) in [7, 11) is 0. The van der Waals surface area contributed by atoms with Crippen molar-refractivity contribution in [1.82, 2.24) is 0 Å². The van der Waals surface area contributed by atoms with E-state index in [1.807, 2.05) is 12.1 Å². The van der Waals surface area contributed by atoms with Crippen LogP contribution in [0.25, 0.3) is 0 Å². The Balaban J connectivity index is 1.89. The number of anilines is 3. The molecule has 0 atom stereocenters. The first kappa shape index (κ1) is 12.3. The van der Waals surface area contributed by atoms with E-state index >= 15 is 0 Å². The Morgan fingerprint density at radius 1 is 1.37 bits per heavy atom. The number of carbonyl (C=O) groups is 1. The summed E-state index contributed by atoms with van der Waals surface area (Å²) < 4.78 is 0. The Morgan fingerprint density at radius 3 is 2.79 bits per heavy atom. The van der Waals surface area contributed by atoms with Gasteiger partial charge in [-0.05, 0) is 49.8 Å². The van der Waals surface area contributed by atoms with Gasteiger partial charge in [-0.25, -0.2) is 0 Å². The van der Waals surface area contributed by atoms with Crippen LogP contribution in [0, 0.1) is 0 Å². The zero-order valence-corrected chi connectivity index (χ0v) is 11.4. The van der Waals surface area contributed by atoms with Gasteiger partial charge in [0.15, 0.2) is 0 Å². The minimum absolute atomic E-state index is 0.0945. The van der Waals surface area contributed by atoms with Crippen molar-refractivity contribution in [3.63, 3.8) is 0 Å². The zero-order chi connectivity index (χ0) is 13.5. The van der Waals surface area contributed by atoms with E-state index in [1.165, 1.54) is 19.3 Å². The Kier molecular flexibility index (Phi) is 2.88. The molecule has 102 valence electrons. The molecular weight excluding hydrogens is 238 g/mol. The number of hydrogen-bond acceptors (Lipinski definition) is 3. The zero-order valence-electron chi connectivity index (χ0n) is 11.4. The van der Waals surface area contributed by atoms with E-state index < -0.39 is 0 Å². The van der Waals surface area contributed by atoms with Gasteiger partial charge in [-0.3, -0.25) is 4.79 Å². The standard InChI is InChI=1S/C15H21N3O/c1-2-15(6-3-7-15)18-13-9-12-10(8-11(13)16)4-5-14(19)17-12/h8-9,18H,2-7,16H2,1H3,(H,17,19). The SMILES string of the molecule is CCC1(Nc2cc3c(cc2N)CCC(=O)N3)CCC1. The number of nitrogens with one attached hydrogen (secondary N) is 2. The van der Waals surface area contributed by atoms with E-state index in [4.69, 9.17) is 5.73 Å². The molecule has 0 unspecified atom stereocenters. The van der Waals surface area contributed by atoms with Crippen LogP contribution in [-0.4, -0.2) is 11.4 Å². The van der Waals surface area contributed by atoms with Crippen molar-refractivity contribution in [1.29, 1.82) is 0 Å². The van der Waals surface area contributed by atoms with Crippen LogP contribution in [0.1, 0.15) is 44.6 Å². The van der Waals surface area contributed by atoms with Crippen LogP contribution >= 0.6 is 0 Å². The second kappa shape index (κ2) is 4.44. The van der Waals surface area contributed by atoms with Gasteiger partial charge in [0.25, 0.3) is 0 Å². The van der Waals surface area contributed by atoms with Crippen molar-refractivity contribution in [2.75, 3.05) is 16.4 Å². The molecule has 1 fully saturated rings. The van der Waals surface area contributed by atoms with Crippen LogP contribution in [0.5, 0.6) is 0 Å². The van der Waals surface area contributed by atoms with Gasteiger partial charge in [0.05, 0.1) is 11.4 Å². The van der Waals surface area contributed by atoms with E-state index in [1.54, 1.807) is 0 Å². The van der Waals surface area contributed by atoms with Gasteiger partial charge < -0.3 is 16.4 Å². The van der Waals surface area contributed by atoms with Crippen molar-refractivity contribution >= 4 is 23.0 Å². The van der Waals surface area contributed by atoms with Crippen LogP contribution in [-0.2, 0) is 11.2 Å². The number of amides is 1. The van der Waals surface area contributed by atoms with Crippen LogP contribution < -0.4 is 16.4 Å². The van der Waals surface area contributed by atoms with E-state index in [0.29, 0.717) is 6.42 Å². The molecule has 0 saturated heterocycles. The Hall–Kier alpha value is -1.71. The maximum absolute atomic E-state index is 11.5. The minimum Gasteiger partial charge on any atom is -0.397 e. The largest absolute Gasteiger partial charge is 0.397 e. The number of fused-ring (bicyclic) bond motifs is 1. The van der Waals surface area contributed by atoms with E-state index in [2.05, 4.69) is 17.6 Å².